The van der Waals surface area contributed by atoms with Crippen molar-refractivity contribution in [2.45, 2.75) is 25.8 Å². The standard InChI is InChI=1S/C14H16N2O4/c1-8(14(19)20)12(17)15-10-4-2-9(3-5-10)13(18)16-11-6-7-11/h2-5,8,11H,6-7H2,1H3,(H,15,17)(H,16,18)(H,19,20). The molecule has 0 heterocycles. The SMILES string of the molecule is CC(C(=O)O)C(=O)Nc1ccc(C(=O)NC2CC2)cc1. The van der Waals surface area contributed by atoms with Crippen molar-refractivity contribution in [1.82, 2.24) is 5.32 Å². The van der Waals surface area contributed by atoms with Gasteiger partial charge in [0.05, 0.1) is 0 Å². The second kappa shape index (κ2) is 5.73. The minimum absolute atomic E-state index is 0.135. The number of benzene rings is 1. The Labute approximate surface area is 116 Å². The van der Waals surface area contributed by atoms with Crippen LogP contribution in [0.4, 0.5) is 5.69 Å². The molecule has 1 aliphatic carbocycles. The molecular weight excluding hydrogens is 260 g/mol. The summed E-state index contributed by atoms with van der Waals surface area (Å²) < 4.78 is 0. The number of carboxylic acids is 1. The molecule has 1 saturated carbocycles. The molecule has 1 fully saturated rings. The molecule has 6 heteroatoms. The number of carbonyl (C=O) groups excluding carboxylic acids is 2. The molecule has 2 amide bonds. The van der Waals surface area contributed by atoms with Crippen molar-refractivity contribution >= 4 is 23.5 Å². The van der Waals surface area contributed by atoms with E-state index in [1.165, 1.54) is 6.92 Å². The fourth-order valence-corrected chi connectivity index (χ4v) is 1.56. The van der Waals surface area contributed by atoms with E-state index in [1.54, 1.807) is 24.3 Å². The molecule has 1 atom stereocenters. The molecule has 0 aliphatic heterocycles. The van der Waals surface area contributed by atoms with Crippen LogP contribution in [0.25, 0.3) is 0 Å². The predicted octanol–water partition coefficient (Wildman–Crippen LogP) is 1.24. The Kier molecular flexibility index (Phi) is 4.02. The Hall–Kier alpha value is -2.37. The Morgan fingerprint density at radius 2 is 1.80 bits per heavy atom. The van der Waals surface area contributed by atoms with Crippen LogP contribution in [0, 0.1) is 5.92 Å². The summed E-state index contributed by atoms with van der Waals surface area (Å²) in [5.41, 5.74) is 0.979. The maximum atomic E-state index is 11.7. The zero-order chi connectivity index (χ0) is 14.7. The Bertz CT molecular complexity index is 535. The molecule has 2 rings (SSSR count). The fraction of sp³-hybridized carbons (Fsp3) is 0.357. The van der Waals surface area contributed by atoms with Crippen molar-refractivity contribution in [3.8, 4) is 0 Å². The quantitative estimate of drug-likeness (QED) is 0.705. The van der Waals surface area contributed by atoms with Gasteiger partial charge in [-0.2, -0.15) is 0 Å². The lowest BCUT2D eigenvalue weighted by Gasteiger charge is -2.09. The van der Waals surface area contributed by atoms with Crippen molar-refractivity contribution < 1.29 is 19.5 Å². The van der Waals surface area contributed by atoms with Gasteiger partial charge in [0, 0.05) is 17.3 Å². The molecule has 106 valence electrons. The smallest absolute Gasteiger partial charge is 0.315 e. The second-order valence-corrected chi connectivity index (χ2v) is 4.87. The lowest BCUT2D eigenvalue weighted by atomic mass is 10.1. The van der Waals surface area contributed by atoms with Gasteiger partial charge in [-0.05, 0) is 44.0 Å². The van der Waals surface area contributed by atoms with Gasteiger partial charge in [0.2, 0.25) is 5.91 Å². The zero-order valence-corrected chi connectivity index (χ0v) is 11.1. The molecule has 0 aromatic heterocycles. The van der Waals surface area contributed by atoms with Gasteiger partial charge in [-0.1, -0.05) is 0 Å². The molecule has 1 aromatic rings. The first-order chi connectivity index (χ1) is 9.47. The van der Waals surface area contributed by atoms with E-state index < -0.39 is 17.8 Å². The molecule has 1 aliphatic rings. The van der Waals surface area contributed by atoms with E-state index in [9.17, 15) is 14.4 Å². The van der Waals surface area contributed by atoms with Gasteiger partial charge in [-0.3, -0.25) is 14.4 Å². The summed E-state index contributed by atoms with van der Waals surface area (Å²) in [6.07, 6.45) is 2.04. The highest BCUT2D eigenvalue weighted by atomic mass is 16.4. The number of anilines is 1. The highest BCUT2D eigenvalue weighted by Crippen LogP contribution is 2.19. The first-order valence-electron chi connectivity index (χ1n) is 6.42. The monoisotopic (exact) mass is 276 g/mol. The maximum absolute atomic E-state index is 11.7. The summed E-state index contributed by atoms with van der Waals surface area (Å²) in [5.74, 6) is -3.02. The summed E-state index contributed by atoms with van der Waals surface area (Å²) in [6.45, 7) is 1.31. The van der Waals surface area contributed by atoms with E-state index >= 15 is 0 Å². The van der Waals surface area contributed by atoms with Crippen molar-refractivity contribution in [2.24, 2.45) is 5.92 Å². The number of amides is 2. The average Bonchev–Trinajstić information content (AvgIpc) is 3.22. The molecule has 0 bridgehead atoms. The van der Waals surface area contributed by atoms with Gasteiger partial charge >= 0.3 is 5.97 Å². The number of hydrogen-bond donors (Lipinski definition) is 3. The van der Waals surface area contributed by atoms with Gasteiger partial charge in [0.15, 0.2) is 0 Å². The van der Waals surface area contributed by atoms with Crippen LogP contribution in [-0.4, -0.2) is 28.9 Å². The number of carbonyl (C=O) groups is 3. The Morgan fingerprint density at radius 3 is 2.30 bits per heavy atom. The Balaban J connectivity index is 1.95. The third-order valence-electron chi connectivity index (χ3n) is 3.09. The van der Waals surface area contributed by atoms with Crippen LogP contribution in [0.3, 0.4) is 0 Å². The maximum Gasteiger partial charge on any atom is 0.315 e. The van der Waals surface area contributed by atoms with Crippen LogP contribution >= 0.6 is 0 Å². The van der Waals surface area contributed by atoms with E-state index in [1.807, 2.05) is 0 Å². The van der Waals surface area contributed by atoms with Crippen LogP contribution in [0.15, 0.2) is 24.3 Å². The third-order valence-corrected chi connectivity index (χ3v) is 3.09. The summed E-state index contributed by atoms with van der Waals surface area (Å²) in [5, 5.41) is 14.1. The molecule has 20 heavy (non-hydrogen) atoms. The van der Waals surface area contributed by atoms with Crippen LogP contribution in [0.2, 0.25) is 0 Å². The molecule has 1 aromatic carbocycles. The van der Waals surface area contributed by atoms with Crippen molar-refractivity contribution in [1.29, 1.82) is 0 Å². The average molecular weight is 276 g/mol. The molecule has 0 radical (unpaired) electrons. The first-order valence-corrected chi connectivity index (χ1v) is 6.42. The van der Waals surface area contributed by atoms with Crippen molar-refractivity contribution in [3.63, 3.8) is 0 Å². The van der Waals surface area contributed by atoms with E-state index in [-0.39, 0.29) is 5.91 Å². The molecule has 6 nitrogen and oxygen atoms in total. The molecule has 1 unspecified atom stereocenters. The molecule has 0 spiro atoms. The summed E-state index contributed by atoms with van der Waals surface area (Å²) >= 11 is 0. The van der Waals surface area contributed by atoms with Crippen LogP contribution < -0.4 is 10.6 Å². The number of rotatable bonds is 5. The van der Waals surface area contributed by atoms with E-state index in [4.69, 9.17) is 5.11 Å². The second-order valence-electron chi connectivity index (χ2n) is 4.87. The summed E-state index contributed by atoms with van der Waals surface area (Å²) in [4.78, 5) is 34.0. The fourth-order valence-electron chi connectivity index (χ4n) is 1.56. The number of nitrogens with one attached hydrogen (secondary N) is 2. The number of hydrogen-bond acceptors (Lipinski definition) is 3. The van der Waals surface area contributed by atoms with Gasteiger partial charge in [-0.25, -0.2) is 0 Å². The summed E-state index contributed by atoms with van der Waals surface area (Å²) in [6, 6.07) is 6.64. The normalized spacial score (nSPS) is 15.2. The minimum Gasteiger partial charge on any atom is -0.481 e. The molecular formula is C14H16N2O4. The number of aliphatic carboxylic acids is 1. The lowest BCUT2D eigenvalue weighted by Crippen LogP contribution is -2.27. The molecule has 3 N–H and O–H groups in total. The topological polar surface area (TPSA) is 95.5 Å². The largest absolute Gasteiger partial charge is 0.481 e. The van der Waals surface area contributed by atoms with Gasteiger partial charge in [-0.15, -0.1) is 0 Å². The highest BCUT2D eigenvalue weighted by Gasteiger charge is 2.24. The number of carboxylic acid groups (broad SMARTS) is 1. The van der Waals surface area contributed by atoms with Gasteiger partial charge in [0.25, 0.3) is 5.91 Å². The molecule has 0 saturated heterocycles. The van der Waals surface area contributed by atoms with Crippen molar-refractivity contribution in [3.05, 3.63) is 29.8 Å². The highest BCUT2D eigenvalue weighted by molar-refractivity contribution is 6.04. The van der Waals surface area contributed by atoms with E-state index in [2.05, 4.69) is 10.6 Å². The third kappa shape index (κ3) is 3.57. The van der Waals surface area contributed by atoms with Crippen LogP contribution in [0.1, 0.15) is 30.1 Å². The van der Waals surface area contributed by atoms with E-state index in [0.717, 1.165) is 12.8 Å². The van der Waals surface area contributed by atoms with Crippen molar-refractivity contribution in [2.75, 3.05) is 5.32 Å². The van der Waals surface area contributed by atoms with Crippen LogP contribution in [0.5, 0.6) is 0 Å². The lowest BCUT2D eigenvalue weighted by molar-refractivity contribution is -0.144. The zero-order valence-electron chi connectivity index (χ0n) is 11.1. The minimum atomic E-state index is -1.18. The first kappa shape index (κ1) is 14.0. The van der Waals surface area contributed by atoms with Gasteiger partial charge < -0.3 is 15.7 Å². The van der Waals surface area contributed by atoms with E-state index in [0.29, 0.717) is 17.3 Å². The Morgan fingerprint density at radius 1 is 1.20 bits per heavy atom. The predicted molar refractivity (Wildman–Crippen MR) is 72.4 cm³/mol. The van der Waals surface area contributed by atoms with Gasteiger partial charge in [0.1, 0.15) is 5.92 Å². The van der Waals surface area contributed by atoms with Crippen LogP contribution in [-0.2, 0) is 9.59 Å². The summed E-state index contributed by atoms with van der Waals surface area (Å²) in [7, 11) is 0.